The van der Waals surface area contributed by atoms with Crippen molar-refractivity contribution in [3.05, 3.63) is 106 Å². The van der Waals surface area contributed by atoms with Crippen molar-refractivity contribution in [2.45, 2.75) is 15.2 Å². The zero-order valence-corrected chi connectivity index (χ0v) is 20.9. The fourth-order valence-electron chi connectivity index (χ4n) is 5.99. The molecule has 0 saturated carbocycles. The van der Waals surface area contributed by atoms with Gasteiger partial charge < -0.3 is 5.11 Å². The Balaban J connectivity index is 1.77. The van der Waals surface area contributed by atoms with E-state index in [1.54, 1.807) is 12.1 Å². The predicted octanol–water partition coefficient (Wildman–Crippen LogP) is 4.52. The Bertz CT molecular complexity index is 1690. The van der Waals surface area contributed by atoms with Crippen molar-refractivity contribution in [2.75, 3.05) is 0 Å². The maximum absolute atomic E-state index is 11.1. The molecule has 6 radical (unpaired) electrons. The molecule has 1 aliphatic carbocycles. The summed E-state index contributed by atoms with van der Waals surface area (Å²) in [6.45, 7) is 0. The molecule has 0 bridgehead atoms. The fraction of sp³-hybridized carbons (Fsp3) is 0.0345. The summed E-state index contributed by atoms with van der Waals surface area (Å²) >= 11 is 5.17. The number of phenolic OH excluding ortho intramolecular Hbond substituents is 1. The van der Waals surface area contributed by atoms with Crippen LogP contribution in [0, 0.1) is 0 Å². The average molecular weight is 523 g/mol. The highest BCUT2D eigenvalue weighted by atomic mass is 79.9. The lowest BCUT2D eigenvalue weighted by atomic mass is 9.64. The molecule has 0 fully saturated rings. The minimum atomic E-state index is -0.734. The number of rotatable bonds is 0. The first kappa shape index (κ1) is 21.5. The van der Waals surface area contributed by atoms with Gasteiger partial charge in [0.05, 0.1) is 10.3 Å². The van der Waals surface area contributed by atoms with Crippen LogP contribution in [0.2, 0.25) is 0 Å². The van der Waals surface area contributed by atoms with E-state index in [1.165, 1.54) is 28.1 Å². The highest BCUT2D eigenvalue weighted by Gasteiger charge is 2.51. The first-order chi connectivity index (χ1) is 16.9. The lowest BCUT2D eigenvalue weighted by molar-refractivity contribution is 0.459. The second-order valence-corrected chi connectivity index (χ2v) is 11.1. The van der Waals surface area contributed by atoms with Crippen LogP contribution in [-0.2, 0) is 5.41 Å². The number of benzene rings is 5. The van der Waals surface area contributed by atoms with Gasteiger partial charge in [0.1, 0.15) is 29.3 Å². The van der Waals surface area contributed by atoms with Crippen LogP contribution in [0.3, 0.4) is 0 Å². The van der Waals surface area contributed by atoms with Gasteiger partial charge in [-0.25, -0.2) is 0 Å². The van der Waals surface area contributed by atoms with E-state index in [0.29, 0.717) is 16.4 Å². The molecule has 0 saturated heterocycles. The molecule has 1 aliphatic heterocycles. The van der Waals surface area contributed by atoms with Gasteiger partial charge in [0.2, 0.25) is 0 Å². The molecule has 1 N–H and O–H groups in total. The third-order valence-electron chi connectivity index (χ3n) is 7.23. The Morgan fingerprint density at radius 1 is 0.714 bits per heavy atom. The van der Waals surface area contributed by atoms with Gasteiger partial charge in [-0.1, -0.05) is 105 Å². The van der Waals surface area contributed by atoms with Crippen molar-refractivity contribution in [3.63, 3.8) is 0 Å². The lowest BCUT2D eigenvalue weighted by Gasteiger charge is -2.41. The van der Waals surface area contributed by atoms with Crippen LogP contribution in [0.15, 0.2) is 93.1 Å². The summed E-state index contributed by atoms with van der Waals surface area (Å²) in [5, 5.41) is 13.4. The van der Waals surface area contributed by atoms with E-state index >= 15 is 0 Å². The molecule has 5 aromatic rings. The first-order valence-electron chi connectivity index (χ1n) is 11.2. The summed E-state index contributed by atoms with van der Waals surface area (Å²) in [5.74, 6) is 0.152. The SMILES string of the molecule is [B]c1cc([B])c2c(c1)C1(c3ccc(Br)cc3-c3c1ccc1ccccc31)c1cc([B])cc(O)c1S2. The second-order valence-electron chi connectivity index (χ2n) is 9.15. The third kappa shape index (κ3) is 2.76. The average Bonchev–Trinajstić information content (AvgIpc) is 3.11. The predicted molar refractivity (Wildman–Crippen MR) is 151 cm³/mol. The van der Waals surface area contributed by atoms with Crippen LogP contribution in [0.4, 0.5) is 0 Å². The topological polar surface area (TPSA) is 20.2 Å². The molecule has 5 aromatic carbocycles. The molecular weight excluding hydrogens is 509 g/mol. The van der Waals surface area contributed by atoms with Crippen LogP contribution in [0.1, 0.15) is 22.3 Å². The smallest absolute Gasteiger partial charge is 0.129 e. The highest BCUT2D eigenvalue weighted by molar-refractivity contribution is 9.10. The quantitative estimate of drug-likeness (QED) is 0.296. The number of aromatic hydroxyl groups is 1. The van der Waals surface area contributed by atoms with E-state index in [-0.39, 0.29) is 5.75 Å². The van der Waals surface area contributed by atoms with Crippen molar-refractivity contribution in [2.24, 2.45) is 0 Å². The molecule has 0 aromatic heterocycles. The Morgan fingerprint density at radius 2 is 1.43 bits per heavy atom. The van der Waals surface area contributed by atoms with Crippen molar-refractivity contribution in [1.29, 1.82) is 0 Å². The first-order valence-corrected chi connectivity index (χ1v) is 12.8. The molecule has 1 heterocycles. The summed E-state index contributed by atoms with van der Waals surface area (Å²) in [4.78, 5) is 1.67. The van der Waals surface area contributed by atoms with Crippen LogP contribution in [-0.4, -0.2) is 28.6 Å². The Hall–Kier alpha value is -2.82. The van der Waals surface area contributed by atoms with Gasteiger partial charge in [0.25, 0.3) is 0 Å². The molecule has 1 atom stereocenters. The maximum Gasteiger partial charge on any atom is 0.129 e. The number of fused-ring (bicyclic) bond motifs is 11. The summed E-state index contributed by atoms with van der Waals surface area (Å²) < 4.78 is 1.00. The zero-order valence-electron chi connectivity index (χ0n) is 18.5. The Labute approximate surface area is 220 Å². The van der Waals surface area contributed by atoms with Gasteiger partial charge in [-0.15, -0.1) is 0 Å². The van der Waals surface area contributed by atoms with Gasteiger partial charge in [-0.2, -0.15) is 0 Å². The summed E-state index contributed by atoms with van der Waals surface area (Å²) in [6.07, 6.45) is 0. The van der Waals surface area contributed by atoms with Gasteiger partial charge in [-0.05, 0) is 62.4 Å². The van der Waals surface area contributed by atoms with E-state index < -0.39 is 5.41 Å². The van der Waals surface area contributed by atoms with E-state index in [2.05, 4.69) is 70.5 Å². The molecule has 2 aliphatic rings. The minimum absolute atomic E-state index is 0.152. The van der Waals surface area contributed by atoms with E-state index in [1.807, 2.05) is 12.1 Å². The van der Waals surface area contributed by atoms with E-state index in [0.717, 1.165) is 42.1 Å². The number of phenols is 1. The largest absolute Gasteiger partial charge is 0.507 e. The maximum atomic E-state index is 11.1. The molecule has 35 heavy (non-hydrogen) atoms. The summed E-state index contributed by atoms with van der Waals surface area (Å²) in [7, 11) is 19.3. The molecule has 1 unspecified atom stereocenters. The number of hydrogen-bond acceptors (Lipinski definition) is 2. The monoisotopic (exact) mass is 522 g/mol. The number of halogens is 1. The van der Waals surface area contributed by atoms with Crippen molar-refractivity contribution in [3.8, 4) is 16.9 Å². The lowest BCUT2D eigenvalue weighted by Crippen LogP contribution is -2.36. The van der Waals surface area contributed by atoms with Crippen LogP contribution >= 0.6 is 27.7 Å². The normalized spacial score (nSPS) is 17.2. The van der Waals surface area contributed by atoms with Gasteiger partial charge in [0.15, 0.2) is 0 Å². The third-order valence-corrected chi connectivity index (χ3v) is 9.02. The van der Waals surface area contributed by atoms with Gasteiger partial charge in [-0.3, -0.25) is 0 Å². The molecule has 158 valence electrons. The fourth-order valence-corrected chi connectivity index (χ4v) is 7.53. The molecule has 0 amide bonds. The molecule has 1 nitrogen and oxygen atoms in total. The molecule has 6 heteroatoms. The van der Waals surface area contributed by atoms with E-state index in [4.69, 9.17) is 23.5 Å². The van der Waals surface area contributed by atoms with Crippen molar-refractivity contribution < 1.29 is 5.11 Å². The standard InChI is InChI=1S/C29H14B3BrOS/c30-15-9-22-27(24(32)11-15)35-28-23(10-16(31)12-25(28)34)29(22)20-8-6-17(33)13-19(20)26-18-4-2-1-3-14(18)5-7-21(26)29/h1-13,34H. The molecule has 1 spiro atoms. The summed E-state index contributed by atoms with van der Waals surface area (Å²) in [6, 6.07) is 26.6. The van der Waals surface area contributed by atoms with Crippen LogP contribution < -0.4 is 16.4 Å². The van der Waals surface area contributed by atoms with Gasteiger partial charge in [0, 0.05) is 9.37 Å². The van der Waals surface area contributed by atoms with Crippen LogP contribution in [0.25, 0.3) is 21.9 Å². The molecular formula is C29H14B3BrOS. The number of hydrogen-bond donors (Lipinski definition) is 1. The van der Waals surface area contributed by atoms with Crippen molar-refractivity contribution >= 4 is 78.4 Å². The van der Waals surface area contributed by atoms with E-state index in [9.17, 15) is 5.11 Å². The zero-order chi connectivity index (χ0) is 24.1. The highest BCUT2D eigenvalue weighted by Crippen LogP contribution is 2.63. The van der Waals surface area contributed by atoms with Crippen LogP contribution in [0.5, 0.6) is 5.75 Å². The minimum Gasteiger partial charge on any atom is -0.507 e. The Morgan fingerprint density at radius 3 is 2.26 bits per heavy atom. The van der Waals surface area contributed by atoms with Crippen molar-refractivity contribution in [1.82, 2.24) is 0 Å². The second kappa shape index (κ2) is 7.35. The molecule has 7 rings (SSSR count). The summed E-state index contributed by atoms with van der Waals surface area (Å²) in [5.41, 5.74) is 7.47. The van der Waals surface area contributed by atoms with Gasteiger partial charge >= 0.3 is 0 Å². The Kier molecular flexibility index (Phi) is 4.51.